The van der Waals surface area contributed by atoms with Crippen LogP contribution in [0.4, 0.5) is 0 Å². The Morgan fingerprint density at radius 2 is 1.97 bits per heavy atom. The molecule has 4 nitrogen and oxygen atoms in total. The fourth-order valence-corrected chi connectivity index (χ4v) is 4.97. The molecule has 2 heterocycles. The maximum Gasteiger partial charge on any atom is 0.225 e. The number of oxazole rings is 1. The summed E-state index contributed by atoms with van der Waals surface area (Å²) in [6, 6.07) is 5.64. The lowest BCUT2D eigenvalue weighted by molar-refractivity contribution is 0.220. The minimum Gasteiger partial charge on any atom is -0.441 e. The van der Waals surface area contributed by atoms with Crippen LogP contribution in [0.5, 0.6) is 0 Å². The first kappa shape index (κ1) is 21.7. The lowest BCUT2D eigenvalue weighted by Gasteiger charge is -2.27. The van der Waals surface area contributed by atoms with E-state index in [2.05, 4.69) is 32.7 Å². The molecule has 0 N–H and O–H groups in total. The Bertz CT molecular complexity index is 1050. The lowest BCUT2D eigenvalue weighted by atomic mass is 10.0. The van der Waals surface area contributed by atoms with Gasteiger partial charge in [0.05, 0.1) is 10.7 Å². The molecule has 0 saturated heterocycles. The highest BCUT2D eigenvalue weighted by Crippen LogP contribution is 2.46. The summed E-state index contributed by atoms with van der Waals surface area (Å²) in [6.07, 6.45) is 7.65. The van der Waals surface area contributed by atoms with Gasteiger partial charge in [-0.25, -0.2) is 0 Å². The molecule has 6 heteroatoms. The molecule has 3 aromatic rings. The first-order valence-corrected chi connectivity index (χ1v) is 11.8. The highest BCUT2D eigenvalue weighted by Gasteiger charge is 2.47. The molecule has 0 aliphatic heterocycles. The molecular weight excluding hydrogens is 417 g/mol. The number of hydrogen-bond donors (Lipinski definition) is 0. The van der Waals surface area contributed by atoms with Crippen LogP contribution < -0.4 is 0 Å². The van der Waals surface area contributed by atoms with Crippen molar-refractivity contribution in [1.82, 2.24) is 14.5 Å². The molecule has 1 aromatic carbocycles. The standard InChI is InChI=1S/C24H31Cl2N3O/c1-5-7-8-21-22(18-10-9-17(25)14-20(18)26)29-23(30-21)19(16(3)27-29)15-24(11-12-24)28(4)13-6-2/h9-10,14H,5-8,11-13,15H2,1-4H3. The molecule has 0 amide bonds. The second-order valence-corrected chi connectivity index (χ2v) is 9.55. The van der Waals surface area contributed by atoms with E-state index in [1.54, 1.807) is 6.07 Å². The molecule has 1 aliphatic carbocycles. The van der Waals surface area contributed by atoms with Crippen molar-refractivity contribution in [3.63, 3.8) is 0 Å². The van der Waals surface area contributed by atoms with Crippen molar-refractivity contribution in [2.75, 3.05) is 13.6 Å². The van der Waals surface area contributed by atoms with Gasteiger partial charge in [0.1, 0.15) is 11.5 Å². The Morgan fingerprint density at radius 3 is 2.60 bits per heavy atom. The SMILES string of the molecule is CCCCc1oc2c(CC3(N(C)CCC)CC3)c(C)nn2c1-c1ccc(Cl)cc1Cl. The van der Waals surface area contributed by atoms with Crippen molar-refractivity contribution >= 4 is 28.9 Å². The van der Waals surface area contributed by atoms with Crippen molar-refractivity contribution in [3.05, 3.63) is 45.3 Å². The molecule has 30 heavy (non-hydrogen) atoms. The van der Waals surface area contributed by atoms with Crippen LogP contribution >= 0.6 is 23.2 Å². The highest BCUT2D eigenvalue weighted by atomic mass is 35.5. The Balaban J connectivity index is 1.81. The van der Waals surface area contributed by atoms with Crippen LogP contribution in [0.15, 0.2) is 22.6 Å². The number of aryl methyl sites for hydroxylation is 2. The van der Waals surface area contributed by atoms with E-state index >= 15 is 0 Å². The number of nitrogens with zero attached hydrogens (tertiary/aromatic N) is 3. The van der Waals surface area contributed by atoms with Crippen LogP contribution in [-0.4, -0.2) is 33.6 Å². The molecule has 0 unspecified atom stereocenters. The number of unbranched alkanes of at least 4 members (excludes halogenated alkanes) is 1. The van der Waals surface area contributed by atoms with Gasteiger partial charge in [0, 0.05) is 28.1 Å². The summed E-state index contributed by atoms with van der Waals surface area (Å²) in [5.41, 5.74) is 5.27. The molecule has 162 valence electrons. The zero-order valence-electron chi connectivity index (χ0n) is 18.4. The first-order valence-electron chi connectivity index (χ1n) is 11.1. The smallest absolute Gasteiger partial charge is 0.225 e. The molecule has 1 saturated carbocycles. The largest absolute Gasteiger partial charge is 0.441 e. The normalized spacial score (nSPS) is 15.4. The fraction of sp³-hybridized carbons (Fsp3) is 0.542. The van der Waals surface area contributed by atoms with E-state index in [4.69, 9.17) is 32.7 Å². The van der Waals surface area contributed by atoms with E-state index in [1.165, 1.54) is 24.8 Å². The summed E-state index contributed by atoms with van der Waals surface area (Å²) < 4.78 is 8.47. The number of halogens is 2. The van der Waals surface area contributed by atoms with Gasteiger partial charge in [-0.05, 0) is 70.8 Å². The maximum absolute atomic E-state index is 6.59. The number of hydrogen-bond acceptors (Lipinski definition) is 3. The predicted octanol–water partition coefficient (Wildman–Crippen LogP) is 6.97. The molecule has 0 radical (unpaired) electrons. The van der Waals surface area contributed by atoms with Gasteiger partial charge in [-0.15, -0.1) is 0 Å². The van der Waals surface area contributed by atoms with Crippen molar-refractivity contribution in [2.45, 2.75) is 71.3 Å². The summed E-state index contributed by atoms with van der Waals surface area (Å²) in [7, 11) is 2.25. The van der Waals surface area contributed by atoms with Crippen LogP contribution in [0.1, 0.15) is 63.0 Å². The maximum atomic E-state index is 6.59. The quantitative estimate of drug-likeness (QED) is 0.355. The summed E-state index contributed by atoms with van der Waals surface area (Å²) >= 11 is 12.7. The van der Waals surface area contributed by atoms with Gasteiger partial charge < -0.3 is 9.32 Å². The minimum absolute atomic E-state index is 0.249. The van der Waals surface area contributed by atoms with Crippen LogP contribution in [0.3, 0.4) is 0 Å². The summed E-state index contributed by atoms with van der Waals surface area (Å²) in [4.78, 5) is 2.52. The van der Waals surface area contributed by atoms with Crippen molar-refractivity contribution in [1.29, 1.82) is 0 Å². The zero-order valence-corrected chi connectivity index (χ0v) is 19.9. The molecule has 2 aromatic heterocycles. The van der Waals surface area contributed by atoms with Gasteiger partial charge in [-0.1, -0.05) is 43.5 Å². The minimum atomic E-state index is 0.249. The molecular formula is C24H31Cl2N3O. The molecule has 0 spiro atoms. The molecule has 1 fully saturated rings. The van der Waals surface area contributed by atoms with Gasteiger partial charge in [0.25, 0.3) is 0 Å². The summed E-state index contributed by atoms with van der Waals surface area (Å²) in [6.45, 7) is 7.64. The average Bonchev–Trinajstić information content (AvgIpc) is 3.34. The van der Waals surface area contributed by atoms with Crippen LogP contribution in [-0.2, 0) is 12.8 Å². The van der Waals surface area contributed by atoms with Gasteiger partial charge in [0.15, 0.2) is 0 Å². The third kappa shape index (κ3) is 3.90. The highest BCUT2D eigenvalue weighted by molar-refractivity contribution is 6.36. The van der Waals surface area contributed by atoms with Crippen LogP contribution in [0.25, 0.3) is 17.0 Å². The second-order valence-electron chi connectivity index (χ2n) is 8.71. The van der Waals surface area contributed by atoms with Crippen molar-refractivity contribution in [2.24, 2.45) is 0 Å². The number of fused-ring (bicyclic) bond motifs is 1. The molecule has 4 rings (SSSR count). The average molecular weight is 448 g/mol. The number of likely N-dealkylation sites (N-methyl/N-ethyl adjacent to an activating group) is 1. The third-order valence-corrected chi connectivity index (χ3v) is 7.03. The topological polar surface area (TPSA) is 33.7 Å². The summed E-state index contributed by atoms with van der Waals surface area (Å²) in [5, 5.41) is 6.17. The van der Waals surface area contributed by atoms with Crippen LogP contribution in [0, 0.1) is 6.92 Å². The van der Waals surface area contributed by atoms with Gasteiger partial charge in [-0.3, -0.25) is 0 Å². The Morgan fingerprint density at radius 1 is 1.20 bits per heavy atom. The molecule has 0 atom stereocenters. The van der Waals surface area contributed by atoms with Gasteiger partial charge in [-0.2, -0.15) is 9.61 Å². The number of aromatic nitrogens is 2. The van der Waals surface area contributed by atoms with E-state index in [0.29, 0.717) is 10.0 Å². The third-order valence-electron chi connectivity index (χ3n) is 6.48. The Hall–Kier alpha value is -1.49. The van der Waals surface area contributed by atoms with E-state index in [9.17, 15) is 0 Å². The first-order chi connectivity index (χ1) is 14.4. The van der Waals surface area contributed by atoms with Crippen molar-refractivity contribution < 1.29 is 4.42 Å². The van der Waals surface area contributed by atoms with E-state index in [1.807, 2.05) is 16.6 Å². The Kier molecular flexibility index (Phi) is 6.20. The van der Waals surface area contributed by atoms with Gasteiger partial charge >= 0.3 is 0 Å². The predicted molar refractivity (Wildman–Crippen MR) is 125 cm³/mol. The van der Waals surface area contributed by atoms with E-state index in [0.717, 1.165) is 60.7 Å². The monoisotopic (exact) mass is 447 g/mol. The lowest BCUT2D eigenvalue weighted by Crippen LogP contribution is -2.36. The van der Waals surface area contributed by atoms with Crippen LogP contribution in [0.2, 0.25) is 10.0 Å². The Labute approximate surface area is 189 Å². The van der Waals surface area contributed by atoms with E-state index < -0.39 is 0 Å². The van der Waals surface area contributed by atoms with E-state index in [-0.39, 0.29) is 5.54 Å². The summed E-state index contributed by atoms with van der Waals surface area (Å²) in [5.74, 6) is 0.955. The number of rotatable bonds is 9. The fourth-order valence-electron chi connectivity index (χ4n) is 4.47. The number of benzene rings is 1. The van der Waals surface area contributed by atoms with Gasteiger partial charge in [0.2, 0.25) is 5.71 Å². The molecule has 0 bridgehead atoms. The zero-order chi connectivity index (χ0) is 21.5. The van der Waals surface area contributed by atoms with Crippen molar-refractivity contribution in [3.8, 4) is 11.3 Å². The second kappa shape index (κ2) is 8.57. The molecule has 1 aliphatic rings.